The molecule has 5 rings (SSSR count). The first-order valence-corrected chi connectivity index (χ1v) is 12.9. The first kappa shape index (κ1) is 25.6. The summed E-state index contributed by atoms with van der Waals surface area (Å²) in [6, 6.07) is 8.48. The minimum absolute atomic E-state index is 0.337. The molecule has 0 bridgehead atoms. The monoisotopic (exact) mass is 510 g/mol. The number of amides is 1. The van der Waals surface area contributed by atoms with Gasteiger partial charge in [0.25, 0.3) is 0 Å². The van der Waals surface area contributed by atoms with E-state index in [1.165, 1.54) is 19.2 Å². The molecule has 4 heterocycles. The number of methoxy groups -OCH3 is 1. The lowest BCUT2D eigenvalue weighted by Crippen LogP contribution is -2.41. The summed E-state index contributed by atoms with van der Waals surface area (Å²) in [7, 11) is 1.53. The number of fused-ring (bicyclic) bond motifs is 2. The highest BCUT2D eigenvalue weighted by Crippen LogP contribution is 2.42. The summed E-state index contributed by atoms with van der Waals surface area (Å²) >= 11 is 1.59. The van der Waals surface area contributed by atoms with Crippen LogP contribution in [0.25, 0.3) is 32.6 Å². The lowest BCUT2D eigenvalue weighted by Gasteiger charge is -2.30. The van der Waals surface area contributed by atoms with Crippen LogP contribution < -0.4 is 4.74 Å². The Kier molecular flexibility index (Phi) is 7.31. The summed E-state index contributed by atoms with van der Waals surface area (Å²) < 4.78 is 27.9. The van der Waals surface area contributed by atoms with Gasteiger partial charge in [-0.05, 0) is 50.4 Å². The molecular weight excluding hydrogens is 479 g/mol. The molecule has 7 nitrogen and oxygen atoms in total. The number of ether oxygens (including phenoxy) is 2. The average molecular weight is 511 g/mol. The Balaban J connectivity index is 0.00000148. The van der Waals surface area contributed by atoms with Crippen LogP contribution in [0.4, 0.5) is 9.18 Å². The van der Waals surface area contributed by atoms with E-state index in [0.29, 0.717) is 36.8 Å². The highest BCUT2D eigenvalue weighted by atomic mass is 32.1. The van der Waals surface area contributed by atoms with Gasteiger partial charge in [-0.1, -0.05) is 13.8 Å². The number of carbonyl (C=O) groups is 1. The molecule has 1 amide bonds. The maximum Gasteiger partial charge on any atom is 0.410 e. The standard InChI is InChI=1S/C25H25FN4O3S.C2H6/c1-25(2,3)33-24(31)29-8-9-30-17(14-29)12-19(28-30)22-21(23-15(13-27-22)7-10-34-23)18-6-5-16(26)11-20(18)32-4;1-2/h5-7,10-13H,8-9,14H2,1-4H3;1-2H3. The van der Waals surface area contributed by atoms with Gasteiger partial charge in [-0.25, -0.2) is 9.18 Å². The van der Waals surface area contributed by atoms with Gasteiger partial charge in [0.15, 0.2) is 0 Å². The largest absolute Gasteiger partial charge is 0.496 e. The number of nitrogens with zero attached hydrogens (tertiary/aromatic N) is 4. The summed E-state index contributed by atoms with van der Waals surface area (Å²) in [5, 5.41) is 7.81. The molecule has 0 saturated heterocycles. The van der Waals surface area contributed by atoms with Crippen molar-refractivity contribution in [3.8, 4) is 28.3 Å². The number of rotatable bonds is 3. The molecule has 0 radical (unpaired) electrons. The zero-order valence-electron chi connectivity index (χ0n) is 21.5. The highest BCUT2D eigenvalue weighted by Gasteiger charge is 2.28. The summed E-state index contributed by atoms with van der Waals surface area (Å²) in [6.45, 7) is 11.0. The Morgan fingerprint density at radius 2 is 1.92 bits per heavy atom. The Labute approximate surface area is 214 Å². The van der Waals surface area contributed by atoms with Gasteiger partial charge in [0.05, 0.1) is 31.6 Å². The number of hydrogen-bond donors (Lipinski definition) is 0. The Bertz CT molecular complexity index is 1390. The summed E-state index contributed by atoms with van der Waals surface area (Å²) in [5.41, 5.74) is 3.33. The molecule has 0 N–H and O–H groups in total. The van der Waals surface area contributed by atoms with Crippen LogP contribution in [0.3, 0.4) is 0 Å². The third-order valence-electron chi connectivity index (χ3n) is 5.62. The van der Waals surface area contributed by atoms with E-state index in [1.807, 2.05) is 63.0 Å². The maximum absolute atomic E-state index is 13.9. The molecule has 0 saturated carbocycles. The first-order chi connectivity index (χ1) is 17.2. The second-order valence-corrected chi connectivity index (χ2v) is 10.1. The fourth-order valence-electron chi connectivity index (χ4n) is 4.11. The smallest absolute Gasteiger partial charge is 0.410 e. The van der Waals surface area contributed by atoms with Crippen LogP contribution in [0.1, 0.15) is 40.3 Å². The van der Waals surface area contributed by atoms with Gasteiger partial charge in [-0.15, -0.1) is 11.3 Å². The molecule has 9 heteroatoms. The van der Waals surface area contributed by atoms with E-state index < -0.39 is 5.60 Å². The van der Waals surface area contributed by atoms with Crippen LogP contribution in [0.15, 0.2) is 41.9 Å². The number of aromatic nitrogens is 3. The Morgan fingerprint density at radius 3 is 2.64 bits per heavy atom. The molecule has 1 aliphatic rings. The number of halogens is 1. The minimum Gasteiger partial charge on any atom is -0.496 e. The van der Waals surface area contributed by atoms with Crippen molar-refractivity contribution in [3.05, 3.63) is 53.4 Å². The normalized spacial score (nSPS) is 13.1. The number of carbonyl (C=O) groups excluding carboxylic acids is 1. The zero-order valence-corrected chi connectivity index (χ0v) is 22.3. The predicted octanol–water partition coefficient (Wildman–Crippen LogP) is 6.75. The van der Waals surface area contributed by atoms with Gasteiger partial charge in [0.2, 0.25) is 0 Å². The number of pyridine rings is 1. The van der Waals surface area contributed by atoms with Crippen molar-refractivity contribution >= 4 is 27.5 Å². The summed E-state index contributed by atoms with van der Waals surface area (Å²) in [6.07, 6.45) is 1.49. The fraction of sp³-hybridized carbons (Fsp3) is 0.370. The van der Waals surface area contributed by atoms with Crippen LogP contribution >= 0.6 is 11.3 Å². The molecule has 0 aliphatic carbocycles. The highest BCUT2D eigenvalue weighted by molar-refractivity contribution is 7.17. The van der Waals surface area contributed by atoms with Crippen molar-refractivity contribution in [2.24, 2.45) is 0 Å². The van der Waals surface area contributed by atoms with Crippen molar-refractivity contribution in [1.82, 2.24) is 19.7 Å². The van der Waals surface area contributed by atoms with E-state index in [2.05, 4.69) is 0 Å². The van der Waals surface area contributed by atoms with Gasteiger partial charge in [-0.2, -0.15) is 5.10 Å². The molecule has 1 aromatic carbocycles. The minimum atomic E-state index is -0.552. The average Bonchev–Trinajstić information content (AvgIpc) is 3.50. The second-order valence-electron chi connectivity index (χ2n) is 9.18. The Morgan fingerprint density at radius 1 is 1.14 bits per heavy atom. The Hall–Kier alpha value is -3.46. The molecule has 36 heavy (non-hydrogen) atoms. The van der Waals surface area contributed by atoms with E-state index in [1.54, 1.807) is 22.3 Å². The molecule has 0 atom stereocenters. The van der Waals surface area contributed by atoms with Gasteiger partial charge in [0, 0.05) is 40.0 Å². The lowest BCUT2D eigenvalue weighted by atomic mass is 10.00. The van der Waals surface area contributed by atoms with Crippen molar-refractivity contribution in [2.45, 2.75) is 53.3 Å². The zero-order chi connectivity index (χ0) is 26.0. The number of benzene rings is 1. The maximum atomic E-state index is 13.9. The second kappa shape index (κ2) is 10.3. The SMILES string of the molecule is CC.COc1cc(F)ccc1-c1c(-c2cc3n(n2)CCN(C(=O)OC(C)(C)C)C3)ncc2ccsc12. The quantitative estimate of drug-likeness (QED) is 0.305. The molecule has 1 aliphatic heterocycles. The van der Waals surface area contributed by atoms with Crippen LogP contribution in [-0.4, -0.2) is 45.0 Å². The van der Waals surface area contributed by atoms with Gasteiger partial charge in [-0.3, -0.25) is 9.67 Å². The van der Waals surface area contributed by atoms with Gasteiger partial charge in [0.1, 0.15) is 22.9 Å². The van der Waals surface area contributed by atoms with Crippen molar-refractivity contribution in [2.75, 3.05) is 13.7 Å². The van der Waals surface area contributed by atoms with E-state index in [-0.39, 0.29) is 11.9 Å². The summed E-state index contributed by atoms with van der Waals surface area (Å²) in [4.78, 5) is 19.0. The van der Waals surface area contributed by atoms with Crippen LogP contribution in [0.2, 0.25) is 0 Å². The lowest BCUT2D eigenvalue weighted by molar-refractivity contribution is 0.0194. The van der Waals surface area contributed by atoms with Crippen molar-refractivity contribution in [3.63, 3.8) is 0 Å². The van der Waals surface area contributed by atoms with Gasteiger partial charge >= 0.3 is 6.09 Å². The van der Waals surface area contributed by atoms with Crippen LogP contribution in [-0.2, 0) is 17.8 Å². The van der Waals surface area contributed by atoms with Crippen LogP contribution in [0, 0.1) is 5.82 Å². The van der Waals surface area contributed by atoms with Crippen molar-refractivity contribution < 1.29 is 18.7 Å². The predicted molar refractivity (Wildman–Crippen MR) is 141 cm³/mol. The molecule has 0 fully saturated rings. The molecule has 0 unspecified atom stereocenters. The molecule has 4 aromatic rings. The van der Waals surface area contributed by atoms with E-state index in [4.69, 9.17) is 19.6 Å². The topological polar surface area (TPSA) is 69.5 Å². The molecular formula is C27H31FN4O3S. The summed E-state index contributed by atoms with van der Waals surface area (Å²) in [5.74, 6) is 0.0668. The van der Waals surface area contributed by atoms with E-state index in [9.17, 15) is 9.18 Å². The third kappa shape index (κ3) is 5.06. The molecule has 3 aromatic heterocycles. The first-order valence-electron chi connectivity index (χ1n) is 12.0. The van der Waals surface area contributed by atoms with Gasteiger partial charge < -0.3 is 14.4 Å². The molecule has 190 valence electrons. The third-order valence-corrected chi connectivity index (χ3v) is 6.57. The van der Waals surface area contributed by atoms with Crippen LogP contribution in [0.5, 0.6) is 5.75 Å². The number of hydrogen-bond acceptors (Lipinski definition) is 6. The van der Waals surface area contributed by atoms with Crippen molar-refractivity contribution in [1.29, 1.82) is 0 Å². The fourth-order valence-corrected chi connectivity index (χ4v) is 5.04. The van der Waals surface area contributed by atoms with E-state index in [0.717, 1.165) is 26.9 Å². The van der Waals surface area contributed by atoms with E-state index >= 15 is 0 Å². The molecule has 0 spiro atoms. The number of thiophene rings is 1.